The van der Waals surface area contributed by atoms with Gasteiger partial charge in [0.15, 0.2) is 0 Å². The summed E-state index contributed by atoms with van der Waals surface area (Å²) in [6, 6.07) is 23.0. The zero-order valence-electron chi connectivity index (χ0n) is 19.3. The maximum atomic E-state index is 12.8. The Hall–Kier alpha value is -3.53. The van der Waals surface area contributed by atoms with Crippen molar-refractivity contribution in [3.63, 3.8) is 0 Å². The molecule has 4 nitrogen and oxygen atoms in total. The van der Waals surface area contributed by atoms with Crippen molar-refractivity contribution in [2.45, 2.75) is 34.2 Å². The molecule has 4 heteroatoms. The molecular weight excluding hydrogens is 396 g/mol. The van der Waals surface area contributed by atoms with Crippen molar-refractivity contribution in [3.8, 4) is 16.9 Å². The highest BCUT2D eigenvalue weighted by Gasteiger charge is 2.19. The van der Waals surface area contributed by atoms with E-state index < -0.39 is 0 Å². The van der Waals surface area contributed by atoms with Gasteiger partial charge in [0.1, 0.15) is 5.75 Å². The molecule has 0 fully saturated rings. The van der Waals surface area contributed by atoms with Crippen molar-refractivity contribution in [3.05, 3.63) is 89.6 Å². The number of carbonyl (C=O) groups is 1. The van der Waals surface area contributed by atoms with Crippen LogP contribution in [0.5, 0.6) is 5.75 Å². The fraction of sp³-hybridized carbons (Fsp3) is 0.250. The number of aromatic nitrogens is 1. The Labute approximate surface area is 190 Å². The molecule has 0 saturated heterocycles. The van der Waals surface area contributed by atoms with Gasteiger partial charge >= 0.3 is 6.09 Å². The van der Waals surface area contributed by atoms with Crippen LogP contribution in [0, 0.1) is 13.8 Å². The Morgan fingerprint density at radius 3 is 2.25 bits per heavy atom. The fourth-order valence-electron chi connectivity index (χ4n) is 4.31. The van der Waals surface area contributed by atoms with E-state index in [1.807, 2.05) is 26.0 Å². The quantitative estimate of drug-likeness (QED) is 0.339. The number of rotatable bonds is 6. The lowest BCUT2D eigenvalue weighted by atomic mass is 9.97. The second-order valence-corrected chi connectivity index (χ2v) is 8.22. The van der Waals surface area contributed by atoms with E-state index in [0.717, 1.165) is 28.6 Å². The summed E-state index contributed by atoms with van der Waals surface area (Å²) in [4.78, 5) is 14.5. The molecule has 0 atom stereocenters. The highest BCUT2D eigenvalue weighted by molar-refractivity contribution is 5.99. The van der Waals surface area contributed by atoms with Gasteiger partial charge in [-0.25, -0.2) is 4.79 Å². The van der Waals surface area contributed by atoms with Crippen LogP contribution >= 0.6 is 0 Å². The molecule has 0 aliphatic heterocycles. The lowest BCUT2D eigenvalue weighted by molar-refractivity contribution is 0.157. The molecule has 1 amide bonds. The van der Waals surface area contributed by atoms with Gasteiger partial charge in [0.25, 0.3) is 0 Å². The zero-order chi connectivity index (χ0) is 22.7. The summed E-state index contributed by atoms with van der Waals surface area (Å²) in [6.07, 6.45) is 1.79. The van der Waals surface area contributed by atoms with Crippen molar-refractivity contribution in [2.75, 3.05) is 13.1 Å². The number of amides is 1. The molecule has 0 aliphatic carbocycles. The first-order valence-corrected chi connectivity index (χ1v) is 11.2. The summed E-state index contributed by atoms with van der Waals surface area (Å²) in [5, 5.41) is 1.08. The number of aryl methyl sites for hydroxylation is 2. The van der Waals surface area contributed by atoms with Crippen LogP contribution in [-0.2, 0) is 6.54 Å². The van der Waals surface area contributed by atoms with Crippen molar-refractivity contribution in [2.24, 2.45) is 0 Å². The van der Waals surface area contributed by atoms with Crippen LogP contribution in [0.15, 0.2) is 72.9 Å². The second-order valence-electron chi connectivity index (χ2n) is 8.22. The number of ether oxygens (including phenoxy) is 1. The molecule has 0 N–H and O–H groups in total. The largest absolute Gasteiger partial charge is 0.415 e. The van der Waals surface area contributed by atoms with E-state index >= 15 is 0 Å². The number of hydrogen-bond donors (Lipinski definition) is 0. The SMILES string of the molecule is CCN(CC)C(=O)Oc1ccc2c(ccn2Cc2ccccc2)c1-c1cc(C)cc(C)c1. The number of nitrogens with zero attached hydrogens (tertiary/aromatic N) is 2. The lowest BCUT2D eigenvalue weighted by Gasteiger charge is -2.20. The Morgan fingerprint density at radius 2 is 1.59 bits per heavy atom. The minimum atomic E-state index is -0.316. The Bertz CT molecular complexity index is 1220. The molecule has 1 heterocycles. The van der Waals surface area contributed by atoms with E-state index in [-0.39, 0.29) is 6.09 Å². The summed E-state index contributed by atoms with van der Waals surface area (Å²) in [5.41, 5.74) is 6.75. The van der Waals surface area contributed by atoms with Gasteiger partial charge in [-0.1, -0.05) is 59.7 Å². The molecule has 0 unspecified atom stereocenters. The predicted octanol–water partition coefficient (Wildman–Crippen LogP) is 6.81. The Morgan fingerprint density at radius 1 is 0.906 bits per heavy atom. The van der Waals surface area contributed by atoms with Gasteiger partial charge in [0, 0.05) is 42.3 Å². The van der Waals surface area contributed by atoms with Gasteiger partial charge in [-0.2, -0.15) is 0 Å². The number of benzene rings is 3. The third-order valence-corrected chi connectivity index (χ3v) is 5.84. The topological polar surface area (TPSA) is 34.5 Å². The lowest BCUT2D eigenvalue weighted by Crippen LogP contribution is -2.33. The van der Waals surface area contributed by atoms with Crippen LogP contribution in [0.3, 0.4) is 0 Å². The van der Waals surface area contributed by atoms with E-state index in [4.69, 9.17) is 4.74 Å². The number of hydrogen-bond acceptors (Lipinski definition) is 2. The monoisotopic (exact) mass is 426 g/mol. The van der Waals surface area contributed by atoms with Gasteiger partial charge in [-0.05, 0) is 57.0 Å². The molecule has 4 rings (SSSR count). The van der Waals surface area contributed by atoms with E-state index in [2.05, 4.69) is 79.2 Å². The van der Waals surface area contributed by atoms with Gasteiger partial charge in [0.2, 0.25) is 0 Å². The zero-order valence-corrected chi connectivity index (χ0v) is 19.3. The van der Waals surface area contributed by atoms with E-state index in [1.165, 1.54) is 16.7 Å². The van der Waals surface area contributed by atoms with E-state index in [9.17, 15) is 4.79 Å². The standard InChI is InChI=1S/C28H30N2O2/c1-5-29(6-2)28(31)32-26-13-12-25-24(27(26)23-17-20(3)16-21(4)18-23)14-15-30(25)19-22-10-8-7-9-11-22/h7-18H,5-6,19H2,1-4H3. The first kappa shape index (κ1) is 21.7. The molecule has 3 aromatic carbocycles. The average Bonchev–Trinajstić information content (AvgIpc) is 3.17. The normalized spacial score (nSPS) is 11.0. The van der Waals surface area contributed by atoms with Gasteiger partial charge in [-0.3, -0.25) is 0 Å². The summed E-state index contributed by atoms with van der Waals surface area (Å²) >= 11 is 0. The molecule has 4 aromatic rings. The predicted molar refractivity (Wildman–Crippen MR) is 131 cm³/mol. The summed E-state index contributed by atoms with van der Waals surface area (Å²) in [6.45, 7) is 10.1. The summed E-state index contributed by atoms with van der Waals surface area (Å²) in [7, 11) is 0. The number of fused-ring (bicyclic) bond motifs is 1. The maximum absolute atomic E-state index is 12.8. The molecule has 164 valence electrons. The first-order valence-electron chi connectivity index (χ1n) is 11.2. The summed E-state index contributed by atoms with van der Waals surface area (Å²) < 4.78 is 8.18. The molecule has 1 aromatic heterocycles. The Kier molecular flexibility index (Phi) is 6.31. The minimum Gasteiger partial charge on any atom is -0.410 e. The molecule has 32 heavy (non-hydrogen) atoms. The molecule has 0 bridgehead atoms. The fourth-order valence-corrected chi connectivity index (χ4v) is 4.31. The van der Waals surface area contributed by atoms with Crippen molar-refractivity contribution >= 4 is 17.0 Å². The van der Waals surface area contributed by atoms with Crippen molar-refractivity contribution in [1.29, 1.82) is 0 Å². The molecule has 0 aliphatic rings. The van der Waals surface area contributed by atoms with Crippen LogP contribution in [0.1, 0.15) is 30.5 Å². The van der Waals surface area contributed by atoms with Crippen molar-refractivity contribution < 1.29 is 9.53 Å². The minimum absolute atomic E-state index is 0.316. The highest BCUT2D eigenvalue weighted by atomic mass is 16.6. The molecule has 0 radical (unpaired) electrons. The van der Waals surface area contributed by atoms with Crippen LogP contribution in [0.25, 0.3) is 22.0 Å². The van der Waals surface area contributed by atoms with Crippen molar-refractivity contribution in [1.82, 2.24) is 9.47 Å². The Balaban J connectivity index is 1.85. The van der Waals surface area contributed by atoms with E-state index in [1.54, 1.807) is 4.90 Å². The van der Waals surface area contributed by atoms with Crippen LogP contribution < -0.4 is 4.74 Å². The molecule has 0 saturated carbocycles. The maximum Gasteiger partial charge on any atom is 0.415 e. The number of carbonyl (C=O) groups excluding carboxylic acids is 1. The summed E-state index contributed by atoms with van der Waals surface area (Å²) in [5.74, 6) is 0.594. The van der Waals surface area contributed by atoms with Gasteiger partial charge in [0.05, 0.1) is 0 Å². The first-order chi connectivity index (χ1) is 15.5. The second kappa shape index (κ2) is 9.31. The third kappa shape index (κ3) is 4.40. The molecule has 0 spiro atoms. The average molecular weight is 427 g/mol. The van der Waals surface area contributed by atoms with Crippen LogP contribution in [0.2, 0.25) is 0 Å². The smallest absolute Gasteiger partial charge is 0.410 e. The van der Waals surface area contributed by atoms with Gasteiger partial charge < -0.3 is 14.2 Å². The third-order valence-electron chi connectivity index (χ3n) is 5.84. The van der Waals surface area contributed by atoms with Crippen LogP contribution in [0.4, 0.5) is 4.79 Å². The van der Waals surface area contributed by atoms with Crippen LogP contribution in [-0.4, -0.2) is 28.6 Å². The van der Waals surface area contributed by atoms with Gasteiger partial charge in [-0.15, -0.1) is 0 Å². The highest BCUT2D eigenvalue weighted by Crippen LogP contribution is 2.39. The van der Waals surface area contributed by atoms with E-state index in [0.29, 0.717) is 18.8 Å². The molecular formula is C28H30N2O2.